The molecule has 21 heavy (non-hydrogen) atoms. The summed E-state index contributed by atoms with van der Waals surface area (Å²) in [6.45, 7) is 3.62. The fraction of sp³-hybridized carbons (Fsp3) is 0.538. The van der Waals surface area contributed by atoms with Crippen LogP contribution in [0.5, 0.6) is 6.01 Å². The number of aromatic nitrogens is 5. The van der Waals surface area contributed by atoms with E-state index in [-0.39, 0.29) is 12.1 Å². The molecule has 0 unspecified atom stereocenters. The first-order valence-corrected chi connectivity index (χ1v) is 7.00. The topological polar surface area (TPSA) is 69.0 Å². The second kappa shape index (κ2) is 6.57. The van der Waals surface area contributed by atoms with Crippen LogP contribution in [0, 0.1) is 5.82 Å². The summed E-state index contributed by atoms with van der Waals surface area (Å²) in [6, 6.07) is 0.246. The van der Waals surface area contributed by atoms with Crippen molar-refractivity contribution < 1.29 is 9.13 Å². The number of hydrogen-bond acceptors (Lipinski definition) is 6. The average molecular weight is 292 g/mol. The van der Waals surface area contributed by atoms with Crippen LogP contribution in [-0.2, 0) is 6.54 Å². The van der Waals surface area contributed by atoms with Gasteiger partial charge in [-0.2, -0.15) is 15.0 Å². The number of rotatable bonds is 5. The second-order valence-corrected chi connectivity index (χ2v) is 4.97. The highest BCUT2D eigenvalue weighted by atomic mass is 19.1. The summed E-state index contributed by atoms with van der Waals surface area (Å²) in [4.78, 5) is 11.7. The second-order valence-electron chi connectivity index (χ2n) is 4.97. The lowest BCUT2D eigenvalue weighted by Crippen LogP contribution is -2.40. The number of likely N-dealkylation sites (tertiary alicyclic amines) is 1. The Hall–Kier alpha value is -2.09. The standard InChI is InChI=1S/C13H17FN6O/c14-11-9-15-13(16-10-11)21-12-1-5-19(6-2-12)7-8-20-17-3-4-18-20/h3-4,9-10,12H,1-2,5-8H2. The highest BCUT2D eigenvalue weighted by molar-refractivity contribution is 4.96. The van der Waals surface area contributed by atoms with Crippen molar-refractivity contribution in [3.63, 3.8) is 0 Å². The Morgan fingerprint density at radius 2 is 1.76 bits per heavy atom. The van der Waals surface area contributed by atoms with Crippen molar-refractivity contribution in [1.82, 2.24) is 29.9 Å². The van der Waals surface area contributed by atoms with Gasteiger partial charge in [-0.25, -0.2) is 14.4 Å². The van der Waals surface area contributed by atoms with Crippen LogP contribution in [0.4, 0.5) is 4.39 Å². The zero-order valence-electron chi connectivity index (χ0n) is 11.6. The molecule has 0 aromatic carbocycles. The van der Waals surface area contributed by atoms with Gasteiger partial charge in [-0.3, -0.25) is 0 Å². The van der Waals surface area contributed by atoms with E-state index in [0.29, 0.717) is 0 Å². The van der Waals surface area contributed by atoms with Gasteiger partial charge in [0.1, 0.15) is 6.10 Å². The molecule has 2 aromatic heterocycles. The number of hydrogen-bond donors (Lipinski definition) is 0. The van der Waals surface area contributed by atoms with E-state index in [9.17, 15) is 4.39 Å². The third-order valence-electron chi connectivity index (χ3n) is 3.49. The number of ether oxygens (including phenoxy) is 1. The highest BCUT2D eigenvalue weighted by Crippen LogP contribution is 2.15. The monoisotopic (exact) mass is 292 g/mol. The van der Waals surface area contributed by atoms with E-state index in [1.165, 1.54) is 0 Å². The van der Waals surface area contributed by atoms with Gasteiger partial charge in [-0.1, -0.05) is 0 Å². The van der Waals surface area contributed by atoms with Gasteiger partial charge in [-0.05, 0) is 12.8 Å². The number of nitrogens with zero attached hydrogens (tertiary/aromatic N) is 6. The van der Waals surface area contributed by atoms with Crippen molar-refractivity contribution in [3.8, 4) is 6.01 Å². The van der Waals surface area contributed by atoms with Crippen LogP contribution < -0.4 is 4.74 Å². The molecular formula is C13H17FN6O. The predicted octanol–water partition coefficient (Wildman–Crippen LogP) is 0.751. The normalized spacial score (nSPS) is 17.0. The van der Waals surface area contributed by atoms with Gasteiger partial charge in [-0.15, -0.1) is 0 Å². The first kappa shape index (κ1) is 13.9. The Morgan fingerprint density at radius 1 is 1.10 bits per heavy atom. The first-order chi connectivity index (χ1) is 10.3. The Bertz CT molecular complexity index is 538. The number of piperidine rings is 1. The van der Waals surface area contributed by atoms with Crippen LogP contribution in [0.3, 0.4) is 0 Å². The van der Waals surface area contributed by atoms with Gasteiger partial charge >= 0.3 is 6.01 Å². The van der Waals surface area contributed by atoms with Gasteiger partial charge in [0.25, 0.3) is 0 Å². The zero-order valence-corrected chi connectivity index (χ0v) is 11.6. The fourth-order valence-electron chi connectivity index (χ4n) is 2.35. The van der Waals surface area contributed by atoms with E-state index < -0.39 is 5.82 Å². The molecule has 2 aromatic rings. The van der Waals surface area contributed by atoms with E-state index >= 15 is 0 Å². The van der Waals surface area contributed by atoms with Crippen LogP contribution in [0.25, 0.3) is 0 Å². The Balaban J connectivity index is 1.41. The quantitative estimate of drug-likeness (QED) is 0.810. The Morgan fingerprint density at radius 3 is 2.43 bits per heavy atom. The molecule has 1 saturated heterocycles. The molecule has 3 rings (SSSR count). The Labute approximate surface area is 121 Å². The maximum atomic E-state index is 12.7. The van der Waals surface area contributed by atoms with Gasteiger partial charge in [0.15, 0.2) is 5.82 Å². The Kier molecular flexibility index (Phi) is 4.34. The summed E-state index contributed by atoms with van der Waals surface area (Å²) in [6.07, 6.45) is 7.52. The molecular weight excluding hydrogens is 275 g/mol. The average Bonchev–Trinajstić information content (AvgIpc) is 3.02. The van der Waals surface area contributed by atoms with Crippen LogP contribution >= 0.6 is 0 Å². The smallest absolute Gasteiger partial charge is 0.316 e. The summed E-state index contributed by atoms with van der Waals surface area (Å²) in [5.41, 5.74) is 0. The van der Waals surface area contributed by atoms with Crippen molar-refractivity contribution >= 4 is 0 Å². The lowest BCUT2D eigenvalue weighted by atomic mass is 10.1. The van der Waals surface area contributed by atoms with E-state index in [2.05, 4.69) is 25.1 Å². The molecule has 1 fully saturated rings. The molecule has 0 amide bonds. The summed E-state index contributed by atoms with van der Waals surface area (Å²) < 4.78 is 18.4. The van der Waals surface area contributed by atoms with Crippen LogP contribution in [0.15, 0.2) is 24.8 Å². The van der Waals surface area contributed by atoms with Crippen LogP contribution in [-0.4, -0.2) is 55.6 Å². The first-order valence-electron chi connectivity index (χ1n) is 7.00. The molecule has 8 heteroatoms. The molecule has 3 heterocycles. The van der Waals surface area contributed by atoms with E-state index in [0.717, 1.165) is 51.4 Å². The van der Waals surface area contributed by atoms with Crippen molar-refractivity contribution in [3.05, 3.63) is 30.6 Å². The molecule has 0 spiro atoms. The van der Waals surface area contributed by atoms with E-state index in [4.69, 9.17) is 4.74 Å². The SMILES string of the molecule is Fc1cnc(OC2CCN(CCn3nccn3)CC2)nc1. The van der Waals surface area contributed by atoms with Gasteiger partial charge < -0.3 is 9.64 Å². The summed E-state index contributed by atoms with van der Waals surface area (Å²) in [7, 11) is 0. The molecule has 0 N–H and O–H groups in total. The minimum atomic E-state index is -0.454. The highest BCUT2D eigenvalue weighted by Gasteiger charge is 2.21. The lowest BCUT2D eigenvalue weighted by Gasteiger charge is -2.31. The molecule has 112 valence electrons. The summed E-state index contributed by atoms with van der Waals surface area (Å²) in [5.74, 6) is -0.454. The molecule has 7 nitrogen and oxygen atoms in total. The predicted molar refractivity (Wildman–Crippen MR) is 72.1 cm³/mol. The molecule has 0 atom stereocenters. The largest absolute Gasteiger partial charge is 0.460 e. The molecule has 1 aliphatic heterocycles. The molecule has 1 aliphatic rings. The molecule has 0 radical (unpaired) electrons. The van der Waals surface area contributed by atoms with E-state index in [1.54, 1.807) is 17.2 Å². The molecule has 0 bridgehead atoms. The van der Waals surface area contributed by atoms with Crippen molar-refractivity contribution in [2.75, 3.05) is 19.6 Å². The van der Waals surface area contributed by atoms with Crippen molar-refractivity contribution in [2.45, 2.75) is 25.5 Å². The lowest BCUT2D eigenvalue weighted by molar-refractivity contribution is 0.0895. The molecule has 0 aliphatic carbocycles. The summed E-state index contributed by atoms with van der Waals surface area (Å²) in [5, 5.41) is 8.17. The molecule has 0 saturated carbocycles. The van der Waals surface area contributed by atoms with Gasteiger partial charge in [0, 0.05) is 19.6 Å². The van der Waals surface area contributed by atoms with Crippen LogP contribution in [0.2, 0.25) is 0 Å². The maximum Gasteiger partial charge on any atom is 0.316 e. The van der Waals surface area contributed by atoms with Gasteiger partial charge in [0.05, 0.1) is 31.3 Å². The minimum absolute atomic E-state index is 0.0922. The fourth-order valence-corrected chi connectivity index (χ4v) is 2.35. The third-order valence-corrected chi connectivity index (χ3v) is 3.49. The van der Waals surface area contributed by atoms with Crippen molar-refractivity contribution in [1.29, 1.82) is 0 Å². The van der Waals surface area contributed by atoms with Crippen LogP contribution in [0.1, 0.15) is 12.8 Å². The van der Waals surface area contributed by atoms with Crippen molar-refractivity contribution in [2.24, 2.45) is 0 Å². The summed E-state index contributed by atoms with van der Waals surface area (Å²) >= 11 is 0. The van der Waals surface area contributed by atoms with E-state index in [1.807, 2.05) is 0 Å². The minimum Gasteiger partial charge on any atom is -0.460 e. The third kappa shape index (κ3) is 3.94. The maximum absolute atomic E-state index is 12.7. The zero-order chi connectivity index (χ0) is 14.5. The van der Waals surface area contributed by atoms with Gasteiger partial charge in [0.2, 0.25) is 0 Å². The number of halogens is 1.